The monoisotopic (exact) mass is 381 g/mol. The molecule has 1 aliphatic heterocycles. The molecule has 1 aromatic rings. The molecular weight excluding hydrogens is 350 g/mol. The Balaban J connectivity index is 1.50. The summed E-state index contributed by atoms with van der Waals surface area (Å²) in [4.78, 5) is 17.1. The number of anilines is 1. The second-order valence-electron chi connectivity index (χ2n) is 7.15. The van der Waals surface area contributed by atoms with Crippen LogP contribution in [-0.4, -0.2) is 72.0 Å². The molecule has 7 nitrogen and oxygen atoms in total. The van der Waals surface area contributed by atoms with E-state index in [1.807, 2.05) is 4.90 Å². The van der Waals surface area contributed by atoms with Crippen molar-refractivity contribution in [2.75, 3.05) is 51.3 Å². The van der Waals surface area contributed by atoms with E-state index in [9.17, 15) is 4.79 Å². The van der Waals surface area contributed by atoms with Crippen LogP contribution in [0.1, 0.15) is 56.4 Å². The molecule has 1 saturated carbocycles. The van der Waals surface area contributed by atoms with Crippen molar-refractivity contribution in [3.05, 3.63) is 5.01 Å². The van der Waals surface area contributed by atoms with E-state index in [0.29, 0.717) is 11.0 Å². The predicted molar refractivity (Wildman–Crippen MR) is 104 cm³/mol. The van der Waals surface area contributed by atoms with Gasteiger partial charge in [0.1, 0.15) is 5.01 Å². The lowest BCUT2D eigenvalue weighted by atomic mass is 10.2. The molecule has 3 rings (SSSR count). The number of carbonyl (C=O) groups is 1. The van der Waals surface area contributed by atoms with Crippen molar-refractivity contribution in [1.29, 1.82) is 0 Å². The maximum Gasteiger partial charge on any atom is 0.323 e. The number of morpholine rings is 1. The van der Waals surface area contributed by atoms with Gasteiger partial charge in [-0.05, 0) is 19.3 Å². The molecule has 0 radical (unpaired) electrons. The molecule has 2 heterocycles. The number of unbranched alkanes of at least 4 members (excludes halogenated alkanes) is 3. The van der Waals surface area contributed by atoms with Gasteiger partial charge in [-0.2, -0.15) is 0 Å². The summed E-state index contributed by atoms with van der Waals surface area (Å²) >= 11 is 1.52. The van der Waals surface area contributed by atoms with Crippen LogP contribution in [0.5, 0.6) is 0 Å². The first-order valence-electron chi connectivity index (χ1n) is 9.95. The summed E-state index contributed by atoms with van der Waals surface area (Å²) in [7, 11) is 0. The van der Waals surface area contributed by atoms with E-state index < -0.39 is 0 Å². The van der Waals surface area contributed by atoms with Gasteiger partial charge in [0, 0.05) is 38.6 Å². The molecule has 2 aliphatic rings. The third-order valence-electron chi connectivity index (χ3n) is 4.94. The van der Waals surface area contributed by atoms with Gasteiger partial charge in [0.15, 0.2) is 0 Å². The number of amides is 2. The number of rotatable bonds is 10. The van der Waals surface area contributed by atoms with Crippen molar-refractivity contribution < 1.29 is 9.53 Å². The van der Waals surface area contributed by atoms with Gasteiger partial charge in [0.05, 0.1) is 13.2 Å². The lowest BCUT2D eigenvalue weighted by molar-refractivity contribution is 0.0351. The normalized spacial score (nSPS) is 18.0. The first-order valence-corrected chi connectivity index (χ1v) is 10.8. The van der Waals surface area contributed by atoms with Crippen molar-refractivity contribution in [2.24, 2.45) is 0 Å². The summed E-state index contributed by atoms with van der Waals surface area (Å²) in [5.74, 6) is 0.574. The van der Waals surface area contributed by atoms with Crippen LogP contribution in [0.25, 0.3) is 0 Å². The zero-order valence-corrected chi connectivity index (χ0v) is 16.6. The highest BCUT2D eigenvalue weighted by Gasteiger charge is 2.28. The summed E-state index contributed by atoms with van der Waals surface area (Å²) in [5, 5.41) is 13.0. The molecule has 2 amide bonds. The van der Waals surface area contributed by atoms with Crippen LogP contribution in [0.4, 0.5) is 9.93 Å². The van der Waals surface area contributed by atoms with Gasteiger partial charge in [-0.25, -0.2) is 4.79 Å². The standard InChI is InChI=1S/C18H31N5O2S/c1-2-3-4-5-8-23(10-9-22-11-13-25-14-12-22)18(24)19-17-21-20-16(26-17)15-6-7-15/h15H,2-14H2,1H3,(H,19,21,24). The Morgan fingerprint density at radius 1 is 1.23 bits per heavy atom. The number of hydrogen-bond acceptors (Lipinski definition) is 6. The van der Waals surface area contributed by atoms with E-state index in [0.717, 1.165) is 57.4 Å². The van der Waals surface area contributed by atoms with Crippen molar-refractivity contribution in [1.82, 2.24) is 20.0 Å². The van der Waals surface area contributed by atoms with Gasteiger partial charge in [-0.15, -0.1) is 10.2 Å². The largest absolute Gasteiger partial charge is 0.379 e. The highest BCUT2D eigenvalue weighted by molar-refractivity contribution is 7.15. The maximum absolute atomic E-state index is 12.8. The number of carbonyl (C=O) groups excluding carboxylic acids is 1. The Bertz CT molecular complexity index is 558. The van der Waals surface area contributed by atoms with Crippen LogP contribution in [0, 0.1) is 0 Å². The summed E-state index contributed by atoms with van der Waals surface area (Å²) in [5.41, 5.74) is 0. The minimum Gasteiger partial charge on any atom is -0.379 e. The molecule has 2 fully saturated rings. The molecule has 0 spiro atoms. The van der Waals surface area contributed by atoms with Crippen LogP contribution in [0.3, 0.4) is 0 Å². The Morgan fingerprint density at radius 2 is 2.04 bits per heavy atom. The number of nitrogens with zero attached hydrogens (tertiary/aromatic N) is 4. The van der Waals surface area contributed by atoms with Crippen molar-refractivity contribution >= 4 is 22.5 Å². The fraction of sp³-hybridized carbons (Fsp3) is 0.833. The minimum atomic E-state index is -0.0479. The highest BCUT2D eigenvalue weighted by atomic mass is 32.1. The molecule has 8 heteroatoms. The van der Waals surface area contributed by atoms with E-state index in [1.54, 1.807) is 0 Å². The first-order chi connectivity index (χ1) is 12.8. The fourth-order valence-corrected chi connectivity index (χ4v) is 3.98. The minimum absolute atomic E-state index is 0.0479. The zero-order chi connectivity index (χ0) is 18.2. The van der Waals surface area contributed by atoms with Gasteiger partial charge >= 0.3 is 6.03 Å². The van der Waals surface area contributed by atoms with Crippen molar-refractivity contribution in [2.45, 2.75) is 51.4 Å². The quantitative estimate of drug-likeness (QED) is 0.631. The molecule has 0 bridgehead atoms. The summed E-state index contributed by atoms with van der Waals surface area (Å²) in [6.45, 7) is 8.12. The van der Waals surface area contributed by atoms with Gasteiger partial charge in [0.2, 0.25) is 5.13 Å². The zero-order valence-electron chi connectivity index (χ0n) is 15.8. The highest BCUT2D eigenvalue weighted by Crippen LogP contribution is 2.42. The second kappa shape index (κ2) is 10.2. The average molecular weight is 382 g/mol. The summed E-state index contributed by atoms with van der Waals surface area (Å²) in [6, 6.07) is -0.0479. The predicted octanol–water partition coefficient (Wildman–Crippen LogP) is 3.16. The fourth-order valence-electron chi connectivity index (χ4n) is 3.08. The Hall–Kier alpha value is -1.25. The van der Waals surface area contributed by atoms with Gasteiger partial charge in [0.25, 0.3) is 0 Å². The molecule has 0 atom stereocenters. The maximum atomic E-state index is 12.8. The third kappa shape index (κ3) is 6.17. The molecule has 0 aromatic carbocycles. The molecular formula is C18H31N5O2S. The Morgan fingerprint density at radius 3 is 2.77 bits per heavy atom. The van der Waals surface area contributed by atoms with Crippen molar-refractivity contribution in [3.8, 4) is 0 Å². The molecule has 26 heavy (non-hydrogen) atoms. The third-order valence-corrected chi connectivity index (χ3v) is 5.94. The SMILES string of the molecule is CCCCCCN(CCN1CCOCC1)C(=O)Nc1nnc(C2CC2)s1. The van der Waals surface area contributed by atoms with Gasteiger partial charge in [-0.1, -0.05) is 37.5 Å². The second-order valence-corrected chi connectivity index (χ2v) is 8.16. The number of hydrogen-bond donors (Lipinski definition) is 1. The van der Waals surface area contributed by atoms with Crippen molar-refractivity contribution in [3.63, 3.8) is 0 Å². The number of urea groups is 1. The van der Waals surface area contributed by atoms with E-state index in [4.69, 9.17) is 4.74 Å². The van der Waals surface area contributed by atoms with Crippen LogP contribution in [-0.2, 0) is 4.74 Å². The lowest BCUT2D eigenvalue weighted by Crippen LogP contribution is -2.44. The molecule has 1 aromatic heterocycles. The van der Waals surface area contributed by atoms with E-state index >= 15 is 0 Å². The molecule has 0 unspecified atom stereocenters. The smallest absolute Gasteiger partial charge is 0.323 e. The summed E-state index contributed by atoms with van der Waals surface area (Å²) in [6.07, 6.45) is 7.04. The molecule has 1 saturated heterocycles. The number of aromatic nitrogens is 2. The van der Waals surface area contributed by atoms with E-state index in [-0.39, 0.29) is 6.03 Å². The number of ether oxygens (including phenoxy) is 1. The Labute approximate surface area is 160 Å². The molecule has 146 valence electrons. The molecule has 1 N–H and O–H groups in total. The van der Waals surface area contributed by atoms with E-state index in [1.165, 1.54) is 43.4 Å². The first kappa shape index (κ1) is 19.5. The topological polar surface area (TPSA) is 70.6 Å². The Kier molecular flexibility index (Phi) is 7.64. The van der Waals surface area contributed by atoms with Crippen LogP contribution >= 0.6 is 11.3 Å². The van der Waals surface area contributed by atoms with Crippen LogP contribution in [0.2, 0.25) is 0 Å². The molecule has 1 aliphatic carbocycles. The van der Waals surface area contributed by atoms with E-state index in [2.05, 4.69) is 27.3 Å². The van der Waals surface area contributed by atoms with Crippen LogP contribution in [0.15, 0.2) is 0 Å². The lowest BCUT2D eigenvalue weighted by Gasteiger charge is -2.30. The number of nitrogens with one attached hydrogen (secondary N) is 1. The van der Waals surface area contributed by atoms with Gasteiger partial charge in [-0.3, -0.25) is 10.2 Å². The summed E-state index contributed by atoms with van der Waals surface area (Å²) < 4.78 is 5.40. The average Bonchev–Trinajstić information content (AvgIpc) is 3.41. The van der Waals surface area contributed by atoms with Crippen LogP contribution < -0.4 is 5.32 Å². The van der Waals surface area contributed by atoms with Gasteiger partial charge < -0.3 is 9.64 Å².